The van der Waals surface area contributed by atoms with Gasteiger partial charge in [0.05, 0.1) is 23.4 Å². The Bertz CT molecular complexity index is 947. The second-order valence-electron chi connectivity index (χ2n) is 5.73. The van der Waals surface area contributed by atoms with Gasteiger partial charge in [0.2, 0.25) is 0 Å². The lowest BCUT2D eigenvalue weighted by Crippen LogP contribution is -2.25. The van der Waals surface area contributed by atoms with Crippen LogP contribution < -0.4 is 5.56 Å². The highest BCUT2D eigenvalue weighted by Crippen LogP contribution is 2.31. The highest BCUT2D eigenvalue weighted by molar-refractivity contribution is 5.63. The van der Waals surface area contributed by atoms with Gasteiger partial charge in [-0.15, -0.1) is 0 Å². The zero-order valence-corrected chi connectivity index (χ0v) is 13.4. The average molecular weight is 344 g/mol. The summed E-state index contributed by atoms with van der Waals surface area (Å²) in [6, 6.07) is 15.6. The smallest absolute Gasteiger partial charge is 0.267 e. The quantitative estimate of drug-likeness (QED) is 0.711. The molecule has 3 aromatic rings. The molecule has 0 unspecified atom stereocenters. The van der Waals surface area contributed by atoms with Crippen LogP contribution in [0, 0.1) is 6.92 Å². The molecule has 3 nitrogen and oxygen atoms in total. The van der Waals surface area contributed by atoms with Gasteiger partial charge in [0, 0.05) is 0 Å². The fourth-order valence-corrected chi connectivity index (χ4v) is 2.61. The molecule has 1 aromatic heterocycles. The number of benzene rings is 2. The molecule has 0 amide bonds. The molecule has 2 aromatic carbocycles. The van der Waals surface area contributed by atoms with Crippen molar-refractivity contribution in [1.29, 1.82) is 0 Å². The summed E-state index contributed by atoms with van der Waals surface area (Å²) in [6.45, 7) is 1.96. The molecular formula is C19H15F3N2O. The van der Waals surface area contributed by atoms with Crippen molar-refractivity contribution in [3.8, 4) is 11.1 Å². The summed E-state index contributed by atoms with van der Waals surface area (Å²) in [5, 5.41) is 4.21. The molecule has 0 spiro atoms. The minimum atomic E-state index is -4.46. The predicted octanol–water partition coefficient (Wildman–Crippen LogP) is 4.29. The van der Waals surface area contributed by atoms with Crippen molar-refractivity contribution in [3.05, 3.63) is 87.8 Å². The second kappa shape index (κ2) is 6.55. The Morgan fingerprint density at radius 2 is 1.72 bits per heavy atom. The number of aryl methyl sites for hydroxylation is 1. The normalized spacial score (nSPS) is 11.5. The van der Waals surface area contributed by atoms with Crippen LogP contribution in [0.15, 0.2) is 65.5 Å². The second-order valence-corrected chi connectivity index (χ2v) is 5.73. The Morgan fingerprint density at radius 3 is 2.40 bits per heavy atom. The van der Waals surface area contributed by atoms with E-state index in [0.29, 0.717) is 5.69 Å². The van der Waals surface area contributed by atoms with Gasteiger partial charge in [-0.25, -0.2) is 4.68 Å². The minimum absolute atomic E-state index is 0.203. The molecule has 0 aliphatic carbocycles. The molecule has 0 aliphatic rings. The van der Waals surface area contributed by atoms with E-state index in [1.165, 1.54) is 22.9 Å². The van der Waals surface area contributed by atoms with Crippen LogP contribution in [0.4, 0.5) is 13.2 Å². The topological polar surface area (TPSA) is 34.9 Å². The molecule has 128 valence electrons. The largest absolute Gasteiger partial charge is 0.416 e. The lowest BCUT2D eigenvalue weighted by molar-refractivity contribution is -0.137. The first-order valence-corrected chi connectivity index (χ1v) is 7.65. The van der Waals surface area contributed by atoms with E-state index in [2.05, 4.69) is 5.10 Å². The molecule has 3 rings (SSSR count). The molecule has 0 saturated carbocycles. The van der Waals surface area contributed by atoms with Crippen LogP contribution in [0.3, 0.4) is 0 Å². The van der Waals surface area contributed by atoms with Gasteiger partial charge in [-0.2, -0.15) is 18.3 Å². The molecular weight excluding hydrogens is 329 g/mol. The van der Waals surface area contributed by atoms with E-state index in [4.69, 9.17) is 0 Å². The van der Waals surface area contributed by atoms with Crippen LogP contribution in [0.1, 0.15) is 16.8 Å². The van der Waals surface area contributed by atoms with Crippen molar-refractivity contribution < 1.29 is 13.2 Å². The maximum absolute atomic E-state index is 12.9. The number of halogens is 3. The summed E-state index contributed by atoms with van der Waals surface area (Å²) in [5.74, 6) is 0. The van der Waals surface area contributed by atoms with E-state index in [1.807, 2.05) is 30.3 Å². The van der Waals surface area contributed by atoms with Crippen molar-refractivity contribution in [1.82, 2.24) is 9.78 Å². The van der Waals surface area contributed by atoms with Crippen LogP contribution in [0.2, 0.25) is 0 Å². The molecule has 0 N–H and O–H groups in total. The average Bonchev–Trinajstić information content (AvgIpc) is 2.58. The van der Waals surface area contributed by atoms with Gasteiger partial charge < -0.3 is 0 Å². The van der Waals surface area contributed by atoms with E-state index in [1.54, 1.807) is 6.92 Å². The van der Waals surface area contributed by atoms with E-state index < -0.39 is 17.3 Å². The van der Waals surface area contributed by atoms with Crippen molar-refractivity contribution in [2.24, 2.45) is 0 Å². The number of nitrogens with zero attached hydrogens (tertiary/aromatic N) is 2. The fraction of sp³-hybridized carbons (Fsp3) is 0.158. The third-order valence-corrected chi connectivity index (χ3v) is 3.77. The first kappa shape index (κ1) is 17.0. The zero-order valence-electron chi connectivity index (χ0n) is 13.4. The van der Waals surface area contributed by atoms with Gasteiger partial charge in [0.1, 0.15) is 0 Å². The van der Waals surface area contributed by atoms with Gasteiger partial charge in [-0.3, -0.25) is 4.79 Å². The lowest BCUT2D eigenvalue weighted by Gasteiger charge is -2.11. The van der Waals surface area contributed by atoms with E-state index in [-0.39, 0.29) is 17.7 Å². The summed E-state index contributed by atoms with van der Waals surface area (Å²) in [4.78, 5) is 12.7. The van der Waals surface area contributed by atoms with E-state index >= 15 is 0 Å². The molecule has 0 aliphatic heterocycles. The monoisotopic (exact) mass is 344 g/mol. The van der Waals surface area contributed by atoms with Crippen LogP contribution in [0.25, 0.3) is 11.1 Å². The van der Waals surface area contributed by atoms with Gasteiger partial charge in [0.15, 0.2) is 0 Å². The molecule has 1 heterocycles. The Morgan fingerprint density at radius 1 is 1.00 bits per heavy atom. The van der Waals surface area contributed by atoms with Gasteiger partial charge in [-0.05, 0) is 36.2 Å². The number of rotatable bonds is 3. The summed E-state index contributed by atoms with van der Waals surface area (Å²) in [7, 11) is 0. The Kier molecular flexibility index (Phi) is 4.44. The molecule has 0 bridgehead atoms. The summed E-state index contributed by atoms with van der Waals surface area (Å²) in [5.41, 5.74) is 0.671. The van der Waals surface area contributed by atoms with Crippen LogP contribution in [0.5, 0.6) is 0 Å². The highest BCUT2D eigenvalue weighted by atomic mass is 19.4. The molecule has 6 heteroatoms. The van der Waals surface area contributed by atoms with Crippen molar-refractivity contribution in [3.63, 3.8) is 0 Å². The van der Waals surface area contributed by atoms with Crippen LogP contribution >= 0.6 is 0 Å². The molecule has 0 fully saturated rings. The summed E-state index contributed by atoms with van der Waals surface area (Å²) in [6.07, 6.45) is -4.46. The van der Waals surface area contributed by atoms with Crippen molar-refractivity contribution in [2.75, 3.05) is 0 Å². The minimum Gasteiger partial charge on any atom is -0.267 e. The number of hydrogen-bond donors (Lipinski definition) is 0. The predicted molar refractivity (Wildman–Crippen MR) is 89.2 cm³/mol. The van der Waals surface area contributed by atoms with Crippen LogP contribution in [-0.4, -0.2) is 9.78 Å². The van der Waals surface area contributed by atoms with Crippen molar-refractivity contribution >= 4 is 0 Å². The van der Waals surface area contributed by atoms with Gasteiger partial charge in [0.25, 0.3) is 5.56 Å². The van der Waals surface area contributed by atoms with E-state index in [9.17, 15) is 18.0 Å². The van der Waals surface area contributed by atoms with Gasteiger partial charge >= 0.3 is 6.18 Å². The first-order valence-electron chi connectivity index (χ1n) is 7.65. The Balaban J connectivity index is 2.08. The fourth-order valence-electron chi connectivity index (χ4n) is 2.61. The number of alkyl halides is 3. The molecule has 0 saturated heterocycles. The third-order valence-electron chi connectivity index (χ3n) is 3.77. The zero-order chi connectivity index (χ0) is 18.0. The SMILES string of the molecule is Cc1cc(-c2cccc(C(F)(F)F)c2)c(=O)n(Cc2ccccc2)n1. The van der Waals surface area contributed by atoms with E-state index in [0.717, 1.165) is 17.7 Å². The molecule has 25 heavy (non-hydrogen) atoms. The highest BCUT2D eigenvalue weighted by Gasteiger charge is 2.30. The Hall–Kier alpha value is -2.89. The standard InChI is InChI=1S/C19H15F3N2O/c1-13-10-17(15-8-5-9-16(11-15)19(20,21)22)18(25)24(23-13)12-14-6-3-2-4-7-14/h2-11H,12H2,1H3. The lowest BCUT2D eigenvalue weighted by atomic mass is 10.0. The maximum Gasteiger partial charge on any atom is 0.416 e. The van der Waals surface area contributed by atoms with Crippen molar-refractivity contribution in [2.45, 2.75) is 19.6 Å². The number of hydrogen-bond acceptors (Lipinski definition) is 2. The number of aromatic nitrogens is 2. The maximum atomic E-state index is 12.9. The third kappa shape index (κ3) is 3.79. The summed E-state index contributed by atoms with van der Waals surface area (Å²) < 4.78 is 40.1. The molecule has 0 radical (unpaired) electrons. The first-order chi connectivity index (χ1) is 11.8. The van der Waals surface area contributed by atoms with Gasteiger partial charge in [-0.1, -0.05) is 42.5 Å². The Labute approximate surface area is 142 Å². The molecule has 0 atom stereocenters. The van der Waals surface area contributed by atoms with Crippen LogP contribution in [-0.2, 0) is 12.7 Å². The summed E-state index contributed by atoms with van der Waals surface area (Å²) >= 11 is 0.